The van der Waals surface area contributed by atoms with Gasteiger partial charge in [0, 0.05) is 27.1 Å². The molecule has 0 saturated heterocycles. The van der Waals surface area contributed by atoms with Crippen molar-refractivity contribution in [1.82, 2.24) is 0 Å². The van der Waals surface area contributed by atoms with Crippen molar-refractivity contribution in [2.45, 2.75) is 152 Å². The predicted octanol–water partition coefficient (Wildman–Crippen LogP) is 7.52. The summed E-state index contributed by atoms with van der Waals surface area (Å²) in [5, 5.41) is 54.6. The van der Waals surface area contributed by atoms with E-state index in [1.807, 2.05) is 27.7 Å². The second-order valence-corrected chi connectivity index (χ2v) is 12.9. The largest absolute Gasteiger partial charge is 0.379 e. The Bertz CT molecular complexity index is 962. The second kappa shape index (κ2) is 14.6. The third-order valence-electron chi connectivity index (χ3n) is 7.83. The van der Waals surface area contributed by atoms with E-state index >= 15 is 0 Å². The maximum Gasteiger partial charge on any atom is 0.167 e. The Labute approximate surface area is 241 Å². The van der Waals surface area contributed by atoms with Crippen LogP contribution in [0, 0.1) is 45.3 Å². The summed E-state index contributed by atoms with van der Waals surface area (Å²) in [6.45, 7) is 10.9. The van der Waals surface area contributed by atoms with Crippen LogP contribution in [0.25, 0.3) is 0 Å². The number of hydrogen-bond acceptors (Lipinski definition) is 10. The lowest BCUT2D eigenvalue weighted by atomic mass is 9.82. The van der Waals surface area contributed by atoms with E-state index in [0.29, 0.717) is 12.8 Å². The van der Waals surface area contributed by atoms with Gasteiger partial charge in [-0.1, -0.05) is 12.8 Å². The van der Waals surface area contributed by atoms with E-state index in [1.165, 1.54) is 12.8 Å². The van der Waals surface area contributed by atoms with Crippen molar-refractivity contribution in [3.05, 3.63) is 0 Å². The van der Waals surface area contributed by atoms with Crippen LogP contribution in [0.1, 0.15) is 119 Å². The van der Waals surface area contributed by atoms with E-state index in [0.717, 1.165) is 51.4 Å². The van der Waals surface area contributed by atoms with E-state index in [2.05, 4.69) is 44.7 Å². The normalized spacial score (nSPS) is 21.9. The highest BCUT2D eigenvalue weighted by Gasteiger charge is 2.38. The van der Waals surface area contributed by atoms with Crippen molar-refractivity contribution in [2.24, 2.45) is 20.5 Å². The fourth-order valence-electron chi connectivity index (χ4n) is 5.15. The third kappa shape index (κ3) is 10.9. The quantitative estimate of drug-likeness (QED) is 0.254. The lowest BCUT2D eigenvalue weighted by Gasteiger charge is -2.31. The number of rotatable bonds is 10. The van der Waals surface area contributed by atoms with Crippen LogP contribution in [0.15, 0.2) is 20.5 Å². The molecule has 0 aromatic rings. The average Bonchev–Trinajstić information content (AvgIpc) is 2.96. The molecule has 40 heavy (non-hydrogen) atoms. The first-order valence-electron chi connectivity index (χ1n) is 14.2. The molecular formula is C30H48N8O2. The van der Waals surface area contributed by atoms with Gasteiger partial charge in [-0.05, 0) is 92.9 Å². The molecule has 0 bridgehead atoms. The van der Waals surface area contributed by atoms with Crippen molar-refractivity contribution < 1.29 is 9.47 Å². The number of nitrogens with zero attached hydrogens (tertiary/aromatic N) is 8. The molecule has 0 heterocycles. The smallest absolute Gasteiger partial charge is 0.167 e. The van der Waals surface area contributed by atoms with E-state index in [4.69, 9.17) is 9.47 Å². The van der Waals surface area contributed by atoms with Gasteiger partial charge in [0.1, 0.15) is 0 Å². The fraction of sp³-hybridized carbons (Fsp3) is 0.867. The Balaban J connectivity index is 0.000000406. The molecular weight excluding hydrogens is 504 g/mol. The van der Waals surface area contributed by atoms with Gasteiger partial charge in [0.25, 0.3) is 0 Å². The zero-order valence-electron chi connectivity index (χ0n) is 25.9. The molecule has 10 heteroatoms. The van der Waals surface area contributed by atoms with Crippen LogP contribution in [0.3, 0.4) is 0 Å². The van der Waals surface area contributed by atoms with Gasteiger partial charge in [-0.15, -0.1) is 0 Å². The minimum absolute atomic E-state index is 0.381. The van der Waals surface area contributed by atoms with Crippen molar-refractivity contribution in [2.75, 3.05) is 14.2 Å². The first-order chi connectivity index (χ1) is 18.6. The molecule has 2 fully saturated rings. The summed E-state index contributed by atoms with van der Waals surface area (Å²) in [5.41, 5.74) is -4.38. The molecule has 0 aromatic heterocycles. The van der Waals surface area contributed by atoms with Crippen LogP contribution >= 0.6 is 0 Å². The number of methoxy groups -OCH3 is 2. The zero-order chi connectivity index (χ0) is 30.6. The fourth-order valence-corrected chi connectivity index (χ4v) is 5.15. The zero-order valence-corrected chi connectivity index (χ0v) is 25.9. The Morgan fingerprint density at radius 2 is 0.875 bits per heavy atom. The molecule has 0 spiro atoms. The van der Waals surface area contributed by atoms with Gasteiger partial charge in [0.05, 0.1) is 35.5 Å². The lowest BCUT2D eigenvalue weighted by Crippen LogP contribution is -2.37. The molecule has 0 radical (unpaired) electrons. The molecule has 0 amide bonds. The number of ether oxygens (including phenoxy) is 2. The molecule has 2 saturated carbocycles. The van der Waals surface area contributed by atoms with Gasteiger partial charge in [-0.2, -0.15) is 41.5 Å². The van der Waals surface area contributed by atoms with E-state index in [9.17, 15) is 21.0 Å². The standard InChI is InChI=1S/C16H28N4O2.C14H20N4/c1-13(2,21-7)9-15(5,11-17)19-20-16(6,12-18)10-14(3,4)22-8;15-11-13(7-3-1-4-8-13)17-18-14(12-16)9-5-2-6-10-14/h9-10H2,1-8H3;1-10H2. The Morgan fingerprint density at radius 1 is 0.575 bits per heavy atom. The highest BCUT2D eigenvalue weighted by Crippen LogP contribution is 2.36. The molecule has 2 unspecified atom stereocenters. The highest BCUT2D eigenvalue weighted by molar-refractivity contribution is 5.12. The average molecular weight is 553 g/mol. The first-order valence-corrected chi connectivity index (χ1v) is 14.2. The van der Waals surface area contributed by atoms with E-state index in [-0.39, 0.29) is 0 Å². The molecule has 10 nitrogen and oxygen atoms in total. The minimum atomic E-state index is -1.05. The van der Waals surface area contributed by atoms with E-state index in [1.54, 1.807) is 28.1 Å². The van der Waals surface area contributed by atoms with Crippen molar-refractivity contribution in [3.8, 4) is 24.3 Å². The molecule has 2 rings (SSSR count). The summed E-state index contributed by atoms with van der Waals surface area (Å²) in [6, 6.07) is 8.98. The van der Waals surface area contributed by atoms with Crippen LogP contribution in [0.2, 0.25) is 0 Å². The minimum Gasteiger partial charge on any atom is -0.379 e. The maximum atomic E-state index is 9.43. The van der Waals surface area contributed by atoms with Crippen LogP contribution < -0.4 is 0 Å². The predicted molar refractivity (Wildman–Crippen MR) is 152 cm³/mol. The monoisotopic (exact) mass is 552 g/mol. The van der Waals surface area contributed by atoms with Crippen LogP contribution in [0.5, 0.6) is 0 Å². The molecule has 2 aliphatic rings. The lowest BCUT2D eigenvalue weighted by molar-refractivity contribution is 0.000704. The topological polar surface area (TPSA) is 163 Å². The highest BCUT2D eigenvalue weighted by atomic mass is 16.5. The maximum absolute atomic E-state index is 9.43. The third-order valence-corrected chi connectivity index (χ3v) is 7.83. The number of nitriles is 4. The molecule has 0 aromatic carbocycles. The van der Waals surface area contributed by atoms with Crippen molar-refractivity contribution in [3.63, 3.8) is 0 Å². The molecule has 2 atom stereocenters. The SMILES string of the molecule is COC(C)(C)CC(C)(C#N)N=NC(C)(C#N)CC(C)(C)OC.N#CC1(N=NC2(C#N)CCCCC2)CCCCC1. The second-order valence-electron chi connectivity index (χ2n) is 12.9. The van der Waals surface area contributed by atoms with Crippen LogP contribution in [0.4, 0.5) is 0 Å². The molecule has 220 valence electrons. The summed E-state index contributed by atoms with van der Waals surface area (Å²) < 4.78 is 10.7. The van der Waals surface area contributed by atoms with Gasteiger partial charge in [-0.3, -0.25) is 0 Å². The van der Waals surface area contributed by atoms with Gasteiger partial charge < -0.3 is 9.47 Å². The van der Waals surface area contributed by atoms with Gasteiger partial charge in [-0.25, -0.2) is 0 Å². The van der Waals surface area contributed by atoms with Crippen LogP contribution in [-0.2, 0) is 9.47 Å². The Kier molecular flexibility index (Phi) is 12.8. The Hall–Kier alpha value is -2.92. The van der Waals surface area contributed by atoms with Gasteiger partial charge in [0.2, 0.25) is 0 Å². The Morgan fingerprint density at radius 3 is 1.10 bits per heavy atom. The number of azo groups is 2. The van der Waals surface area contributed by atoms with Crippen molar-refractivity contribution in [1.29, 1.82) is 21.0 Å². The summed E-state index contributed by atoms with van der Waals surface area (Å²) >= 11 is 0. The van der Waals surface area contributed by atoms with E-state index < -0.39 is 33.4 Å². The summed E-state index contributed by atoms with van der Waals surface area (Å²) in [5.74, 6) is 0. The number of hydrogen-bond donors (Lipinski definition) is 0. The summed E-state index contributed by atoms with van der Waals surface area (Å²) in [4.78, 5) is 0. The van der Waals surface area contributed by atoms with Gasteiger partial charge in [0.15, 0.2) is 22.2 Å². The van der Waals surface area contributed by atoms with Crippen molar-refractivity contribution >= 4 is 0 Å². The van der Waals surface area contributed by atoms with Crippen LogP contribution in [-0.4, -0.2) is 47.6 Å². The molecule has 0 N–H and O–H groups in total. The first kappa shape index (κ1) is 35.1. The molecule has 2 aliphatic carbocycles. The van der Waals surface area contributed by atoms with Gasteiger partial charge >= 0.3 is 0 Å². The summed E-state index contributed by atoms with van der Waals surface area (Å²) in [7, 11) is 3.19. The summed E-state index contributed by atoms with van der Waals surface area (Å²) in [6.07, 6.45) is 10.5. The molecule has 0 aliphatic heterocycles.